The predicted octanol–water partition coefficient (Wildman–Crippen LogP) is 1.79. The van der Waals surface area contributed by atoms with Gasteiger partial charge in [0.15, 0.2) is 0 Å². The molecule has 1 aromatic rings. The Bertz CT molecular complexity index is 270. The summed E-state index contributed by atoms with van der Waals surface area (Å²) in [5.41, 5.74) is -0.191. The second kappa shape index (κ2) is 2.54. The third-order valence-electron chi connectivity index (χ3n) is 0.827. The maximum absolute atomic E-state index is 10.5. The zero-order chi connectivity index (χ0) is 6.85. The summed E-state index contributed by atoms with van der Waals surface area (Å²) in [5, 5.41) is 0.429. The van der Waals surface area contributed by atoms with E-state index in [0.29, 0.717) is 9.50 Å². The lowest BCUT2D eigenvalue weighted by molar-refractivity contribution is 1.22. The fourth-order valence-corrected chi connectivity index (χ4v) is 0.812. The van der Waals surface area contributed by atoms with Crippen molar-refractivity contribution in [3.63, 3.8) is 0 Å². The lowest BCUT2D eigenvalue weighted by Gasteiger charge is -1.89. The molecule has 0 unspecified atom stereocenters. The molecule has 1 aromatic heterocycles. The van der Waals surface area contributed by atoms with Crippen LogP contribution < -0.4 is 5.56 Å². The minimum Gasteiger partial charge on any atom is -0.328 e. The van der Waals surface area contributed by atoms with Gasteiger partial charge in [-0.2, -0.15) is 0 Å². The van der Waals surface area contributed by atoms with Gasteiger partial charge in [0.1, 0.15) is 0 Å². The third-order valence-corrected chi connectivity index (χ3v) is 2.02. The number of aromatic amines is 1. The Labute approximate surface area is 65.0 Å². The maximum Gasteiger partial charge on any atom is 0.249 e. The molecule has 1 heterocycles. The monoisotopic (exact) mass is 207 g/mol. The first kappa shape index (κ1) is 6.83. The van der Waals surface area contributed by atoms with Crippen molar-refractivity contribution in [2.75, 3.05) is 0 Å². The lowest BCUT2D eigenvalue weighted by Crippen LogP contribution is -2.01. The normalized spacial score (nSPS) is 9.56. The highest BCUT2D eigenvalue weighted by molar-refractivity contribution is 9.10. The van der Waals surface area contributed by atoms with E-state index >= 15 is 0 Å². The molecule has 0 radical (unpaired) electrons. The van der Waals surface area contributed by atoms with Crippen molar-refractivity contribution in [3.05, 3.63) is 32.1 Å². The molecule has 0 bridgehead atoms. The number of H-pyrrole nitrogens is 1. The Morgan fingerprint density at radius 2 is 2.33 bits per heavy atom. The number of rotatable bonds is 0. The summed E-state index contributed by atoms with van der Waals surface area (Å²) >= 11 is 8.67. The zero-order valence-electron chi connectivity index (χ0n) is 4.32. The van der Waals surface area contributed by atoms with Crippen molar-refractivity contribution in [2.24, 2.45) is 0 Å². The lowest BCUT2D eigenvalue weighted by atomic mass is 10.5. The number of pyridine rings is 1. The first-order valence-electron chi connectivity index (χ1n) is 2.24. The largest absolute Gasteiger partial charge is 0.328 e. The van der Waals surface area contributed by atoms with E-state index in [1.165, 1.54) is 12.3 Å². The summed E-state index contributed by atoms with van der Waals surface area (Å²) < 4.78 is 0.698. The topological polar surface area (TPSA) is 32.9 Å². The molecule has 0 atom stereocenters. The molecule has 9 heavy (non-hydrogen) atoms. The minimum atomic E-state index is -0.191. The fraction of sp³-hybridized carbons (Fsp3) is 0. The highest BCUT2D eigenvalue weighted by atomic mass is 79.9. The molecule has 48 valence electrons. The molecule has 2 nitrogen and oxygen atoms in total. The molecule has 0 amide bonds. The average molecular weight is 208 g/mol. The molecule has 1 rings (SSSR count). The van der Waals surface area contributed by atoms with Gasteiger partial charge < -0.3 is 4.98 Å². The van der Waals surface area contributed by atoms with E-state index in [1.807, 2.05) is 0 Å². The molecule has 1 N–H and O–H groups in total. The minimum absolute atomic E-state index is 0.191. The van der Waals surface area contributed by atoms with E-state index in [1.54, 1.807) is 0 Å². The highest BCUT2D eigenvalue weighted by Crippen LogP contribution is 2.17. The quantitative estimate of drug-likeness (QED) is 0.693. The van der Waals surface area contributed by atoms with Crippen LogP contribution in [-0.2, 0) is 0 Å². The zero-order valence-corrected chi connectivity index (χ0v) is 6.66. The van der Waals surface area contributed by atoms with Gasteiger partial charge in [-0.3, -0.25) is 4.79 Å². The Kier molecular flexibility index (Phi) is 1.93. The van der Waals surface area contributed by atoms with Gasteiger partial charge in [0, 0.05) is 12.3 Å². The summed E-state index contributed by atoms with van der Waals surface area (Å²) in [5.74, 6) is 0. The average Bonchev–Trinajstić information content (AvgIpc) is 1.80. The molecule has 4 heteroatoms. The number of halogens is 2. The third kappa shape index (κ3) is 1.56. The molecule has 0 aliphatic rings. The molecule has 0 aliphatic carbocycles. The predicted molar refractivity (Wildman–Crippen MR) is 39.8 cm³/mol. The van der Waals surface area contributed by atoms with Crippen molar-refractivity contribution in [1.82, 2.24) is 4.98 Å². The Balaban J connectivity index is 3.34. The van der Waals surface area contributed by atoms with Gasteiger partial charge >= 0.3 is 0 Å². The Hall–Kier alpha value is -0.280. The molecule has 0 aliphatic heterocycles. The smallest absolute Gasteiger partial charge is 0.249 e. The summed E-state index contributed by atoms with van der Waals surface area (Å²) in [7, 11) is 0. The van der Waals surface area contributed by atoms with E-state index < -0.39 is 0 Å². The van der Waals surface area contributed by atoms with Gasteiger partial charge in [-0.15, -0.1) is 0 Å². The number of aromatic nitrogens is 1. The van der Waals surface area contributed by atoms with Gasteiger partial charge in [-0.05, 0) is 15.9 Å². The standard InChI is InChI=1S/C5H3BrClNO/c6-3-2-8-5(9)1-4(3)7/h1-2H,(H,8,9). The number of nitrogens with one attached hydrogen (secondary N) is 1. The van der Waals surface area contributed by atoms with Crippen LogP contribution in [0.2, 0.25) is 5.02 Å². The molecule has 0 saturated heterocycles. The van der Waals surface area contributed by atoms with E-state index in [4.69, 9.17) is 11.6 Å². The van der Waals surface area contributed by atoms with Crippen molar-refractivity contribution in [1.29, 1.82) is 0 Å². The molecule has 0 spiro atoms. The van der Waals surface area contributed by atoms with Crippen molar-refractivity contribution < 1.29 is 0 Å². The fourth-order valence-electron chi connectivity index (χ4n) is 0.429. The van der Waals surface area contributed by atoms with Crippen molar-refractivity contribution in [3.8, 4) is 0 Å². The van der Waals surface area contributed by atoms with Gasteiger partial charge in [0.25, 0.3) is 0 Å². The van der Waals surface area contributed by atoms with Crippen LogP contribution in [-0.4, -0.2) is 4.98 Å². The van der Waals surface area contributed by atoms with Crippen LogP contribution in [0.4, 0.5) is 0 Å². The van der Waals surface area contributed by atoms with Gasteiger partial charge in [-0.1, -0.05) is 11.6 Å². The van der Waals surface area contributed by atoms with E-state index in [-0.39, 0.29) is 5.56 Å². The van der Waals surface area contributed by atoms with E-state index in [2.05, 4.69) is 20.9 Å². The van der Waals surface area contributed by atoms with Crippen LogP contribution in [0, 0.1) is 0 Å². The molecule has 0 saturated carbocycles. The molecular weight excluding hydrogens is 205 g/mol. The van der Waals surface area contributed by atoms with Gasteiger partial charge in [0.2, 0.25) is 5.56 Å². The second-order valence-electron chi connectivity index (χ2n) is 1.49. The van der Waals surface area contributed by atoms with Gasteiger partial charge in [-0.25, -0.2) is 0 Å². The molecular formula is C5H3BrClNO. The van der Waals surface area contributed by atoms with Crippen molar-refractivity contribution >= 4 is 27.5 Å². The van der Waals surface area contributed by atoms with Crippen LogP contribution in [0.5, 0.6) is 0 Å². The number of hydrogen-bond donors (Lipinski definition) is 1. The molecule has 0 fully saturated rings. The summed E-state index contributed by atoms with van der Waals surface area (Å²) in [6, 6.07) is 1.31. The van der Waals surface area contributed by atoms with Crippen LogP contribution in [0.25, 0.3) is 0 Å². The van der Waals surface area contributed by atoms with Crippen LogP contribution in [0.15, 0.2) is 21.5 Å². The number of hydrogen-bond acceptors (Lipinski definition) is 1. The van der Waals surface area contributed by atoms with Gasteiger partial charge in [0.05, 0.1) is 9.50 Å². The SMILES string of the molecule is O=c1cc(Cl)c(Br)c[nH]1. The highest BCUT2D eigenvalue weighted by Gasteiger charge is 1.93. The summed E-state index contributed by atoms with van der Waals surface area (Å²) in [6.45, 7) is 0. The van der Waals surface area contributed by atoms with Crippen LogP contribution in [0.3, 0.4) is 0 Å². The maximum atomic E-state index is 10.5. The van der Waals surface area contributed by atoms with Crippen molar-refractivity contribution in [2.45, 2.75) is 0 Å². The summed E-state index contributed by atoms with van der Waals surface area (Å²) in [6.07, 6.45) is 1.50. The Morgan fingerprint density at radius 3 is 2.78 bits per heavy atom. The van der Waals surface area contributed by atoms with E-state index in [0.717, 1.165) is 0 Å². The van der Waals surface area contributed by atoms with Crippen LogP contribution in [0.1, 0.15) is 0 Å². The molecule has 0 aromatic carbocycles. The Morgan fingerprint density at radius 1 is 1.67 bits per heavy atom. The van der Waals surface area contributed by atoms with Crippen LogP contribution >= 0.6 is 27.5 Å². The summed E-state index contributed by atoms with van der Waals surface area (Å²) in [4.78, 5) is 12.9. The first-order valence-corrected chi connectivity index (χ1v) is 3.41. The second-order valence-corrected chi connectivity index (χ2v) is 2.75. The van der Waals surface area contributed by atoms with E-state index in [9.17, 15) is 4.79 Å². The first-order chi connectivity index (χ1) is 4.20.